The number of benzene rings is 2. The SMILES string of the molecule is NCc1ccc(NC(=O)c2ccc(C(=O)Nc3ccc(C4=CCNCC4)cc3)nc2)cc1. The second-order valence-electron chi connectivity index (χ2n) is 7.50. The topological polar surface area (TPSA) is 109 Å². The number of nitrogens with two attached hydrogens (primary N) is 1. The van der Waals surface area contributed by atoms with E-state index in [1.807, 2.05) is 36.4 Å². The molecule has 0 radical (unpaired) electrons. The third-order valence-corrected chi connectivity index (χ3v) is 5.28. The third-order valence-electron chi connectivity index (χ3n) is 5.28. The van der Waals surface area contributed by atoms with Gasteiger partial charge in [-0.05, 0) is 66.1 Å². The molecule has 162 valence electrons. The van der Waals surface area contributed by atoms with Crippen molar-refractivity contribution in [2.75, 3.05) is 23.7 Å². The molecule has 2 amide bonds. The van der Waals surface area contributed by atoms with Crippen LogP contribution in [0.4, 0.5) is 11.4 Å². The Kier molecular flexibility index (Phi) is 6.69. The molecule has 0 aliphatic carbocycles. The Morgan fingerprint density at radius 1 is 0.906 bits per heavy atom. The van der Waals surface area contributed by atoms with Crippen molar-refractivity contribution in [1.82, 2.24) is 10.3 Å². The number of nitrogens with zero attached hydrogens (tertiary/aromatic N) is 1. The summed E-state index contributed by atoms with van der Waals surface area (Å²) in [6, 6.07) is 18.2. The standard InChI is InChI=1S/C25H25N5O2/c26-15-17-1-6-21(7-2-17)29-24(31)20-5-10-23(28-16-20)25(32)30-22-8-3-18(4-9-22)19-11-13-27-14-12-19/h1-11,16,27H,12-15,26H2,(H,29,31)(H,30,32). The molecule has 7 nitrogen and oxygen atoms in total. The fraction of sp³-hybridized carbons (Fsp3) is 0.160. The van der Waals surface area contributed by atoms with Gasteiger partial charge < -0.3 is 21.7 Å². The van der Waals surface area contributed by atoms with Crippen LogP contribution >= 0.6 is 0 Å². The van der Waals surface area contributed by atoms with Gasteiger partial charge >= 0.3 is 0 Å². The molecule has 7 heteroatoms. The molecule has 0 saturated heterocycles. The number of aromatic nitrogens is 1. The second kappa shape index (κ2) is 10.00. The summed E-state index contributed by atoms with van der Waals surface area (Å²) in [5, 5.41) is 8.94. The first-order valence-corrected chi connectivity index (χ1v) is 10.5. The summed E-state index contributed by atoms with van der Waals surface area (Å²) in [4.78, 5) is 29.1. The highest BCUT2D eigenvalue weighted by atomic mass is 16.2. The van der Waals surface area contributed by atoms with Crippen LogP contribution in [-0.4, -0.2) is 29.9 Å². The molecule has 1 aliphatic heterocycles. The van der Waals surface area contributed by atoms with Gasteiger partial charge in [-0.2, -0.15) is 0 Å². The first kappa shape index (κ1) is 21.4. The summed E-state index contributed by atoms with van der Waals surface area (Å²) in [5.41, 5.74) is 11.0. The first-order chi connectivity index (χ1) is 15.6. The van der Waals surface area contributed by atoms with Crippen molar-refractivity contribution in [1.29, 1.82) is 0 Å². The van der Waals surface area contributed by atoms with Crippen LogP contribution in [0.15, 0.2) is 72.9 Å². The van der Waals surface area contributed by atoms with Gasteiger partial charge in [0.05, 0.1) is 5.56 Å². The second-order valence-corrected chi connectivity index (χ2v) is 7.50. The smallest absolute Gasteiger partial charge is 0.274 e. The number of carbonyl (C=O) groups is 2. The predicted octanol–water partition coefficient (Wildman–Crippen LogP) is 3.42. The Hall–Kier alpha value is -3.81. The number of nitrogens with one attached hydrogen (secondary N) is 3. The van der Waals surface area contributed by atoms with Crippen LogP contribution in [0.2, 0.25) is 0 Å². The maximum Gasteiger partial charge on any atom is 0.274 e. The summed E-state index contributed by atoms with van der Waals surface area (Å²) in [5.74, 6) is -0.629. The molecule has 0 atom stereocenters. The average molecular weight is 428 g/mol. The van der Waals surface area contributed by atoms with Crippen LogP contribution in [-0.2, 0) is 6.54 Å². The van der Waals surface area contributed by atoms with Crippen LogP contribution < -0.4 is 21.7 Å². The van der Waals surface area contributed by atoms with Crippen LogP contribution in [0.1, 0.15) is 38.4 Å². The van der Waals surface area contributed by atoms with Gasteiger partial charge in [0.25, 0.3) is 11.8 Å². The lowest BCUT2D eigenvalue weighted by atomic mass is 10.0. The molecule has 1 aromatic heterocycles. The number of anilines is 2. The van der Waals surface area contributed by atoms with Gasteiger partial charge in [-0.1, -0.05) is 30.3 Å². The molecule has 1 aliphatic rings. The number of hydrogen-bond donors (Lipinski definition) is 4. The van der Waals surface area contributed by atoms with Crippen LogP contribution in [0.25, 0.3) is 5.57 Å². The van der Waals surface area contributed by atoms with E-state index < -0.39 is 0 Å². The largest absolute Gasteiger partial charge is 0.326 e. The van der Waals surface area contributed by atoms with Gasteiger partial charge in [0.15, 0.2) is 0 Å². The summed E-state index contributed by atoms with van der Waals surface area (Å²) < 4.78 is 0. The zero-order chi connectivity index (χ0) is 22.3. The summed E-state index contributed by atoms with van der Waals surface area (Å²) in [6.45, 7) is 2.31. The van der Waals surface area contributed by atoms with Crippen LogP contribution in [0, 0.1) is 0 Å². The van der Waals surface area contributed by atoms with Crippen molar-refractivity contribution in [3.8, 4) is 0 Å². The van der Waals surface area contributed by atoms with Crippen molar-refractivity contribution in [2.45, 2.75) is 13.0 Å². The Morgan fingerprint density at radius 2 is 1.59 bits per heavy atom. The van der Waals surface area contributed by atoms with E-state index in [0.717, 1.165) is 30.6 Å². The van der Waals surface area contributed by atoms with E-state index in [1.54, 1.807) is 18.2 Å². The van der Waals surface area contributed by atoms with Gasteiger partial charge in [0.2, 0.25) is 0 Å². The maximum absolute atomic E-state index is 12.5. The lowest BCUT2D eigenvalue weighted by Crippen LogP contribution is -2.20. The zero-order valence-corrected chi connectivity index (χ0v) is 17.6. The fourth-order valence-electron chi connectivity index (χ4n) is 3.44. The van der Waals surface area contributed by atoms with E-state index in [0.29, 0.717) is 23.5 Å². The number of amides is 2. The molecule has 5 N–H and O–H groups in total. The van der Waals surface area contributed by atoms with E-state index in [4.69, 9.17) is 5.73 Å². The Balaban J connectivity index is 1.36. The molecule has 0 saturated carbocycles. The van der Waals surface area contributed by atoms with Gasteiger partial charge in [-0.15, -0.1) is 0 Å². The van der Waals surface area contributed by atoms with Crippen LogP contribution in [0.3, 0.4) is 0 Å². The summed E-state index contributed by atoms with van der Waals surface area (Å²) in [6.07, 6.45) is 4.58. The minimum Gasteiger partial charge on any atom is -0.326 e. The molecule has 32 heavy (non-hydrogen) atoms. The number of pyridine rings is 1. The minimum atomic E-state index is -0.330. The minimum absolute atomic E-state index is 0.235. The lowest BCUT2D eigenvalue weighted by Gasteiger charge is -2.14. The lowest BCUT2D eigenvalue weighted by molar-refractivity contribution is 0.101. The molecule has 4 rings (SSSR count). The predicted molar refractivity (Wildman–Crippen MR) is 126 cm³/mol. The van der Waals surface area contributed by atoms with Crippen molar-refractivity contribution < 1.29 is 9.59 Å². The van der Waals surface area contributed by atoms with E-state index >= 15 is 0 Å². The van der Waals surface area contributed by atoms with Gasteiger partial charge in [0.1, 0.15) is 5.69 Å². The molecule has 2 heterocycles. The molecule has 2 aromatic carbocycles. The number of hydrogen-bond acceptors (Lipinski definition) is 5. The fourth-order valence-corrected chi connectivity index (χ4v) is 3.44. The van der Waals surface area contributed by atoms with E-state index in [1.165, 1.54) is 17.8 Å². The number of rotatable bonds is 6. The van der Waals surface area contributed by atoms with Gasteiger partial charge in [-0.3, -0.25) is 14.6 Å². The van der Waals surface area contributed by atoms with E-state index in [9.17, 15) is 9.59 Å². The highest BCUT2D eigenvalue weighted by Crippen LogP contribution is 2.21. The highest BCUT2D eigenvalue weighted by molar-refractivity contribution is 6.06. The van der Waals surface area contributed by atoms with Crippen molar-refractivity contribution >= 4 is 28.8 Å². The molecule has 0 spiro atoms. The third kappa shape index (κ3) is 5.26. The Morgan fingerprint density at radius 3 is 2.19 bits per heavy atom. The van der Waals surface area contributed by atoms with Crippen molar-refractivity contribution in [3.05, 3.63) is 95.3 Å². The van der Waals surface area contributed by atoms with Crippen LogP contribution in [0.5, 0.6) is 0 Å². The molecular formula is C25H25N5O2. The monoisotopic (exact) mass is 427 g/mol. The van der Waals surface area contributed by atoms with E-state index in [2.05, 4.69) is 27.0 Å². The Labute approximate surface area is 186 Å². The summed E-state index contributed by atoms with van der Waals surface area (Å²) >= 11 is 0. The quantitative estimate of drug-likeness (QED) is 0.482. The number of carbonyl (C=O) groups excluding carboxylic acids is 2. The zero-order valence-electron chi connectivity index (χ0n) is 17.6. The molecule has 0 unspecified atom stereocenters. The molecule has 0 bridgehead atoms. The van der Waals surface area contributed by atoms with Gasteiger partial charge in [-0.25, -0.2) is 0 Å². The molecule has 3 aromatic rings. The normalized spacial score (nSPS) is 13.2. The highest BCUT2D eigenvalue weighted by Gasteiger charge is 2.12. The molecular weight excluding hydrogens is 402 g/mol. The van der Waals surface area contributed by atoms with Gasteiger partial charge in [0, 0.05) is 30.7 Å². The summed E-state index contributed by atoms with van der Waals surface area (Å²) in [7, 11) is 0. The van der Waals surface area contributed by atoms with Crippen molar-refractivity contribution in [2.24, 2.45) is 5.73 Å². The maximum atomic E-state index is 12.5. The Bertz CT molecular complexity index is 1120. The molecule has 0 fully saturated rings. The van der Waals surface area contributed by atoms with E-state index in [-0.39, 0.29) is 17.5 Å². The first-order valence-electron chi connectivity index (χ1n) is 10.5. The average Bonchev–Trinajstić information content (AvgIpc) is 2.85. The van der Waals surface area contributed by atoms with Crippen molar-refractivity contribution in [3.63, 3.8) is 0 Å².